The molecule has 0 spiro atoms. The van der Waals surface area contributed by atoms with E-state index in [4.69, 9.17) is 11.6 Å². The Hall–Kier alpha value is 0.180. The number of unbranched alkanes of at least 4 members (excludes halogenated alkanes) is 1. The summed E-state index contributed by atoms with van der Waals surface area (Å²) in [7, 11) is 0. The normalized spacial score (nSPS) is 10.2. The number of alkyl halides is 2. The van der Waals surface area contributed by atoms with Gasteiger partial charge in [-0.15, -0.1) is 11.6 Å². The molecule has 3 heteroatoms. The van der Waals surface area contributed by atoms with Gasteiger partial charge in [-0.1, -0.05) is 0 Å². The van der Waals surface area contributed by atoms with Crippen LogP contribution in [0.3, 0.4) is 0 Å². The Kier molecular flexibility index (Phi) is 9.35. The minimum absolute atomic E-state index is 0.220. The van der Waals surface area contributed by atoms with Crippen LogP contribution in [0.4, 0.5) is 4.39 Å². The zero-order chi connectivity index (χ0) is 7.66. The molecule has 0 heterocycles. The van der Waals surface area contributed by atoms with Crippen molar-refractivity contribution in [3.05, 3.63) is 0 Å². The van der Waals surface area contributed by atoms with Gasteiger partial charge in [0.25, 0.3) is 0 Å². The van der Waals surface area contributed by atoms with Gasteiger partial charge in [0.2, 0.25) is 0 Å². The molecule has 1 nitrogen and oxygen atoms in total. The van der Waals surface area contributed by atoms with Crippen LogP contribution in [0.15, 0.2) is 0 Å². The molecule has 0 fully saturated rings. The molecule has 0 radical (unpaired) electrons. The Labute approximate surface area is 66.9 Å². The van der Waals surface area contributed by atoms with E-state index in [-0.39, 0.29) is 6.67 Å². The molecule has 0 aliphatic carbocycles. The van der Waals surface area contributed by atoms with Crippen molar-refractivity contribution < 1.29 is 4.39 Å². The fourth-order valence-corrected chi connectivity index (χ4v) is 0.850. The first-order chi connectivity index (χ1) is 4.91. The van der Waals surface area contributed by atoms with Gasteiger partial charge in [-0.05, 0) is 32.4 Å². The van der Waals surface area contributed by atoms with E-state index in [1.807, 2.05) is 0 Å². The minimum atomic E-state index is -0.220. The second-order valence-electron chi connectivity index (χ2n) is 2.19. The number of hydrogen-bond donors (Lipinski definition) is 1. The maximum Gasteiger partial charge on any atom is 0.0906 e. The van der Waals surface area contributed by atoms with E-state index in [1.54, 1.807) is 0 Å². The van der Waals surface area contributed by atoms with E-state index in [0.29, 0.717) is 6.42 Å². The van der Waals surface area contributed by atoms with Crippen LogP contribution < -0.4 is 5.32 Å². The molecule has 0 unspecified atom stereocenters. The summed E-state index contributed by atoms with van der Waals surface area (Å²) in [6, 6.07) is 0. The van der Waals surface area contributed by atoms with Crippen LogP contribution >= 0.6 is 11.6 Å². The largest absolute Gasteiger partial charge is 0.317 e. The number of rotatable bonds is 7. The van der Waals surface area contributed by atoms with Gasteiger partial charge in [-0.2, -0.15) is 0 Å². The van der Waals surface area contributed by atoms with Gasteiger partial charge in [0.15, 0.2) is 0 Å². The molecule has 0 atom stereocenters. The van der Waals surface area contributed by atoms with Gasteiger partial charge >= 0.3 is 0 Å². The minimum Gasteiger partial charge on any atom is -0.317 e. The third-order valence-electron chi connectivity index (χ3n) is 1.22. The molecule has 0 aromatic heterocycles. The SMILES string of the molecule is FCCCNCCCCCl. The van der Waals surface area contributed by atoms with Gasteiger partial charge in [0.1, 0.15) is 0 Å². The van der Waals surface area contributed by atoms with Gasteiger partial charge in [0, 0.05) is 5.88 Å². The van der Waals surface area contributed by atoms with Crippen LogP contribution in [-0.4, -0.2) is 25.6 Å². The molecule has 0 aromatic carbocycles. The van der Waals surface area contributed by atoms with Crippen LogP contribution in [0, 0.1) is 0 Å². The second-order valence-corrected chi connectivity index (χ2v) is 2.57. The summed E-state index contributed by atoms with van der Waals surface area (Å²) in [6.07, 6.45) is 2.76. The van der Waals surface area contributed by atoms with E-state index >= 15 is 0 Å². The highest BCUT2D eigenvalue weighted by molar-refractivity contribution is 6.17. The lowest BCUT2D eigenvalue weighted by Gasteiger charge is -2.00. The van der Waals surface area contributed by atoms with Gasteiger partial charge < -0.3 is 5.32 Å². The summed E-state index contributed by atoms with van der Waals surface area (Å²) in [5.74, 6) is 0.727. The summed E-state index contributed by atoms with van der Waals surface area (Å²) in [4.78, 5) is 0. The predicted molar refractivity (Wildman–Crippen MR) is 43.4 cm³/mol. The standard InChI is InChI=1S/C7H15ClFN/c8-4-1-2-6-10-7-3-5-9/h10H,1-7H2. The number of halogens is 2. The lowest BCUT2D eigenvalue weighted by molar-refractivity contribution is 0.458. The first kappa shape index (κ1) is 10.2. The Morgan fingerprint density at radius 2 is 1.80 bits per heavy atom. The molecule has 10 heavy (non-hydrogen) atoms. The predicted octanol–water partition coefficient (Wildman–Crippen LogP) is 1.95. The summed E-state index contributed by atoms with van der Waals surface area (Å²) < 4.78 is 11.5. The zero-order valence-electron chi connectivity index (χ0n) is 6.21. The summed E-state index contributed by atoms with van der Waals surface area (Å²) in [5, 5.41) is 3.12. The number of hydrogen-bond acceptors (Lipinski definition) is 1. The van der Waals surface area contributed by atoms with E-state index in [9.17, 15) is 4.39 Å². The smallest absolute Gasteiger partial charge is 0.0906 e. The molecule has 1 N–H and O–H groups in total. The van der Waals surface area contributed by atoms with Crippen LogP contribution in [0.1, 0.15) is 19.3 Å². The van der Waals surface area contributed by atoms with Crippen molar-refractivity contribution in [3.63, 3.8) is 0 Å². The lowest BCUT2D eigenvalue weighted by Crippen LogP contribution is -2.17. The van der Waals surface area contributed by atoms with Crippen LogP contribution in [0.5, 0.6) is 0 Å². The zero-order valence-corrected chi connectivity index (χ0v) is 6.96. The molecule has 0 aromatic rings. The van der Waals surface area contributed by atoms with E-state index in [0.717, 1.165) is 31.8 Å². The first-order valence-electron chi connectivity index (χ1n) is 3.74. The number of nitrogens with one attached hydrogen (secondary N) is 1. The van der Waals surface area contributed by atoms with E-state index in [2.05, 4.69) is 5.32 Å². The molecular weight excluding hydrogens is 153 g/mol. The van der Waals surface area contributed by atoms with Crippen molar-refractivity contribution in [1.82, 2.24) is 5.32 Å². The van der Waals surface area contributed by atoms with Crippen LogP contribution in [-0.2, 0) is 0 Å². The maximum absolute atomic E-state index is 11.5. The van der Waals surface area contributed by atoms with Gasteiger partial charge in [-0.25, -0.2) is 0 Å². The van der Waals surface area contributed by atoms with E-state index in [1.165, 1.54) is 0 Å². The molecule has 0 saturated heterocycles. The first-order valence-corrected chi connectivity index (χ1v) is 4.28. The Balaban J connectivity index is 2.65. The average Bonchev–Trinajstić information content (AvgIpc) is 1.97. The van der Waals surface area contributed by atoms with Crippen molar-refractivity contribution in [2.45, 2.75) is 19.3 Å². The van der Waals surface area contributed by atoms with Crippen molar-refractivity contribution in [2.24, 2.45) is 0 Å². The highest BCUT2D eigenvalue weighted by atomic mass is 35.5. The van der Waals surface area contributed by atoms with Crippen LogP contribution in [0.25, 0.3) is 0 Å². The van der Waals surface area contributed by atoms with Crippen molar-refractivity contribution >= 4 is 11.6 Å². The molecule has 0 bridgehead atoms. The molecule has 0 amide bonds. The molecular formula is C7H15ClFN. The molecule has 0 aliphatic rings. The fraction of sp³-hybridized carbons (Fsp3) is 1.00. The highest BCUT2D eigenvalue weighted by Crippen LogP contribution is 1.89. The summed E-state index contributed by atoms with van der Waals surface area (Å²) in [6.45, 7) is 1.54. The van der Waals surface area contributed by atoms with Crippen molar-refractivity contribution in [1.29, 1.82) is 0 Å². The maximum atomic E-state index is 11.5. The third kappa shape index (κ3) is 8.18. The summed E-state index contributed by atoms with van der Waals surface area (Å²) in [5.41, 5.74) is 0. The molecule has 0 rings (SSSR count). The van der Waals surface area contributed by atoms with Gasteiger partial charge in [-0.3, -0.25) is 4.39 Å². The van der Waals surface area contributed by atoms with Crippen molar-refractivity contribution in [2.75, 3.05) is 25.6 Å². The van der Waals surface area contributed by atoms with Crippen molar-refractivity contribution in [3.8, 4) is 0 Å². The molecule has 0 saturated carbocycles. The second kappa shape index (κ2) is 9.18. The van der Waals surface area contributed by atoms with Gasteiger partial charge in [0.05, 0.1) is 6.67 Å². The Morgan fingerprint density at radius 3 is 2.40 bits per heavy atom. The lowest BCUT2D eigenvalue weighted by atomic mass is 10.3. The molecule has 0 aliphatic heterocycles. The molecule has 62 valence electrons. The van der Waals surface area contributed by atoms with Crippen LogP contribution in [0.2, 0.25) is 0 Å². The van der Waals surface area contributed by atoms with E-state index < -0.39 is 0 Å². The Bertz CT molecular complexity index is 53.6. The Morgan fingerprint density at radius 1 is 1.10 bits per heavy atom. The monoisotopic (exact) mass is 167 g/mol. The fourth-order valence-electron chi connectivity index (χ4n) is 0.661. The third-order valence-corrected chi connectivity index (χ3v) is 1.49. The summed E-state index contributed by atoms with van der Waals surface area (Å²) >= 11 is 5.45. The topological polar surface area (TPSA) is 12.0 Å². The highest BCUT2D eigenvalue weighted by Gasteiger charge is 1.87. The average molecular weight is 168 g/mol. The quantitative estimate of drug-likeness (QED) is 0.452.